The predicted molar refractivity (Wildman–Crippen MR) is 175 cm³/mol. The number of thiocarbonyl (C=S) groups is 1. The number of benzene rings is 1. The van der Waals surface area contributed by atoms with E-state index in [9.17, 15) is 14.4 Å². The Bertz CT molecular complexity index is 1940. The summed E-state index contributed by atoms with van der Waals surface area (Å²) in [6.07, 6.45) is 0.898. The number of aromatic nitrogens is 6. The SMILES string of the molecule is CCOC(=O)C(Cc1ccc(C(=O)OC)cc1)(OC1[C@H]2O[C@@H](n3cnc4c(N)nc(Cl)nc43)[C@](C)(F)[C@@]12OC(=S)n1ccnc1)C(=O)OCC. The van der Waals surface area contributed by atoms with Crippen molar-refractivity contribution in [3.05, 3.63) is 65.7 Å². The van der Waals surface area contributed by atoms with Gasteiger partial charge in [-0.25, -0.2) is 28.7 Å². The summed E-state index contributed by atoms with van der Waals surface area (Å²) >= 11 is 11.6. The van der Waals surface area contributed by atoms with Crippen molar-refractivity contribution in [1.82, 2.24) is 29.1 Å². The molecule has 1 aromatic carbocycles. The molecule has 1 saturated carbocycles. The van der Waals surface area contributed by atoms with E-state index in [4.69, 9.17) is 58.0 Å². The standard InChI is InChI=1S/C31H31ClFN7O9S/c1-5-45-25(42)30(26(43)46-6-2,13-16-7-9-17(10-8-16)23(41)44-4)48-20-19-31(20,49-28(50)39-12-11-35-14-39)29(3,33)24(47-19)40-15-36-18-21(34)37-27(32)38-22(18)40/h7-12,14-15,19-20,24H,5-6,13H2,1-4H3,(H2,34,37,38)/t19-,20?,24-,29+,31+/m1/s1. The van der Waals surface area contributed by atoms with E-state index in [1.807, 2.05) is 0 Å². The maximum Gasteiger partial charge on any atom is 0.350 e. The minimum atomic E-state index is -2.54. The first-order valence-electron chi connectivity index (χ1n) is 15.2. The predicted octanol–water partition coefficient (Wildman–Crippen LogP) is 2.77. The van der Waals surface area contributed by atoms with Crippen LogP contribution in [0.5, 0.6) is 0 Å². The number of ether oxygens (including phenoxy) is 6. The Labute approximate surface area is 293 Å². The van der Waals surface area contributed by atoms with Gasteiger partial charge in [-0.05, 0) is 62.3 Å². The Morgan fingerprint density at radius 3 is 2.40 bits per heavy atom. The Kier molecular flexibility index (Phi) is 9.23. The molecule has 264 valence electrons. The number of esters is 3. The third-order valence-corrected chi connectivity index (χ3v) is 8.99. The third-order valence-electron chi connectivity index (χ3n) is 8.53. The average molecular weight is 732 g/mol. The van der Waals surface area contributed by atoms with Crippen LogP contribution in [0.1, 0.15) is 42.9 Å². The van der Waals surface area contributed by atoms with Gasteiger partial charge in [-0.15, -0.1) is 0 Å². The minimum Gasteiger partial charge on any atom is -0.465 e. The second-order valence-electron chi connectivity index (χ2n) is 11.5. The molecule has 2 N–H and O–H groups in total. The summed E-state index contributed by atoms with van der Waals surface area (Å²) in [4.78, 5) is 56.0. The first-order chi connectivity index (χ1) is 23.8. The van der Waals surface area contributed by atoms with Crippen LogP contribution in [0.15, 0.2) is 49.3 Å². The number of imidazole rings is 2. The van der Waals surface area contributed by atoms with Gasteiger partial charge in [0.15, 0.2) is 23.4 Å². The van der Waals surface area contributed by atoms with Crippen LogP contribution in [-0.2, 0) is 44.4 Å². The lowest BCUT2D eigenvalue weighted by Gasteiger charge is -2.36. The number of rotatable bonds is 11. The summed E-state index contributed by atoms with van der Waals surface area (Å²) in [5.41, 5.74) is -0.308. The molecule has 4 heterocycles. The summed E-state index contributed by atoms with van der Waals surface area (Å²) in [5, 5.41) is -0.435. The van der Waals surface area contributed by atoms with Gasteiger partial charge in [0.2, 0.25) is 10.9 Å². The van der Waals surface area contributed by atoms with Gasteiger partial charge in [-0.2, -0.15) is 9.97 Å². The van der Waals surface area contributed by atoms with Crippen molar-refractivity contribution in [2.75, 3.05) is 26.1 Å². The van der Waals surface area contributed by atoms with Crippen LogP contribution in [0.25, 0.3) is 11.2 Å². The highest BCUT2D eigenvalue weighted by molar-refractivity contribution is 7.80. The number of hydrogen-bond acceptors (Lipinski definition) is 15. The molecule has 6 rings (SSSR count). The Hall–Kier alpha value is -4.78. The highest BCUT2D eigenvalue weighted by Gasteiger charge is 2.88. The summed E-state index contributed by atoms with van der Waals surface area (Å²) in [6.45, 7) is 4.02. The number of carbonyl (C=O) groups excluding carboxylic acids is 3. The molecule has 0 radical (unpaired) electrons. The lowest BCUT2D eigenvalue weighted by molar-refractivity contribution is -0.205. The molecule has 0 spiro atoms. The van der Waals surface area contributed by atoms with Crippen molar-refractivity contribution in [2.45, 2.75) is 62.5 Å². The molecule has 1 aliphatic carbocycles. The normalized spacial score (nSPS) is 24.0. The second-order valence-corrected chi connectivity index (χ2v) is 12.2. The van der Waals surface area contributed by atoms with Crippen molar-refractivity contribution in [2.24, 2.45) is 0 Å². The number of nitrogens with zero attached hydrogens (tertiary/aromatic N) is 6. The van der Waals surface area contributed by atoms with Gasteiger partial charge >= 0.3 is 17.9 Å². The van der Waals surface area contributed by atoms with E-state index in [2.05, 4.69) is 19.9 Å². The molecule has 1 aliphatic heterocycles. The van der Waals surface area contributed by atoms with Crippen molar-refractivity contribution in [3.8, 4) is 0 Å². The molecule has 1 saturated heterocycles. The van der Waals surface area contributed by atoms with E-state index in [0.29, 0.717) is 5.56 Å². The van der Waals surface area contributed by atoms with Crippen LogP contribution in [0.4, 0.5) is 10.2 Å². The second kappa shape index (κ2) is 13.2. The molecule has 3 aromatic heterocycles. The summed E-state index contributed by atoms with van der Waals surface area (Å²) in [5.74, 6) is -2.84. The Morgan fingerprint density at radius 2 is 1.80 bits per heavy atom. The van der Waals surface area contributed by atoms with Gasteiger partial charge in [0.25, 0.3) is 10.8 Å². The molecule has 16 nitrogen and oxygen atoms in total. The fraction of sp³-hybridized carbons (Fsp3) is 0.419. The molecule has 19 heteroatoms. The van der Waals surface area contributed by atoms with Crippen LogP contribution >= 0.6 is 23.8 Å². The average Bonchev–Trinajstić information content (AvgIpc) is 3.52. The lowest BCUT2D eigenvalue weighted by Crippen LogP contribution is -2.56. The first-order valence-corrected chi connectivity index (χ1v) is 16.0. The summed E-state index contributed by atoms with van der Waals surface area (Å²) < 4.78 is 54.7. The van der Waals surface area contributed by atoms with E-state index < -0.39 is 59.6 Å². The molecule has 2 aliphatic rings. The molecule has 5 atom stereocenters. The Morgan fingerprint density at radius 1 is 1.12 bits per heavy atom. The zero-order chi connectivity index (χ0) is 36.0. The van der Waals surface area contributed by atoms with E-state index in [0.717, 1.165) is 0 Å². The summed E-state index contributed by atoms with van der Waals surface area (Å²) in [6, 6.07) is 5.91. The molecular formula is C31H31ClFN7O9S. The monoisotopic (exact) mass is 731 g/mol. The lowest BCUT2D eigenvalue weighted by atomic mass is 9.92. The smallest absolute Gasteiger partial charge is 0.350 e. The fourth-order valence-electron chi connectivity index (χ4n) is 6.07. The molecule has 0 amide bonds. The number of methoxy groups -OCH3 is 1. The van der Waals surface area contributed by atoms with Crippen molar-refractivity contribution in [3.63, 3.8) is 0 Å². The number of fused-ring (bicyclic) bond motifs is 2. The highest BCUT2D eigenvalue weighted by Crippen LogP contribution is 2.66. The number of halogens is 2. The fourth-order valence-corrected chi connectivity index (χ4v) is 6.49. The van der Waals surface area contributed by atoms with Crippen LogP contribution in [-0.4, -0.2) is 102 Å². The summed E-state index contributed by atoms with van der Waals surface area (Å²) in [7, 11) is 1.23. The third kappa shape index (κ3) is 5.61. The quantitative estimate of drug-likeness (QED) is 0.0777. The van der Waals surface area contributed by atoms with Crippen LogP contribution < -0.4 is 5.73 Å². The van der Waals surface area contributed by atoms with Crippen LogP contribution in [0, 0.1) is 0 Å². The van der Waals surface area contributed by atoms with Gasteiger partial charge in [-0.3, -0.25) is 9.13 Å². The highest BCUT2D eigenvalue weighted by atomic mass is 35.5. The number of nitrogen functional groups attached to an aromatic ring is 1. The number of nitrogens with two attached hydrogens (primary N) is 1. The van der Waals surface area contributed by atoms with Crippen molar-refractivity contribution in [1.29, 1.82) is 0 Å². The van der Waals surface area contributed by atoms with Gasteiger partial charge < -0.3 is 34.2 Å². The number of alkyl halides is 1. The minimum absolute atomic E-state index is 0.0378. The maximum absolute atomic E-state index is 17.7. The van der Waals surface area contributed by atoms with Crippen LogP contribution in [0.3, 0.4) is 0 Å². The zero-order valence-electron chi connectivity index (χ0n) is 27.1. The molecule has 4 aromatic rings. The first kappa shape index (κ1) is 35.1. The van der Waals surface area contributed by atoms with Crippen LogP contribution in [0.2, 0.25) is 5.28 Å². The zero-order valence-corrected chi connectivity index (χ0v) is 28.6. The van der Waals surface area contributed by atoms with E-state index >= 15 is 4.39 Å². The largest absolute Gasteiger partial charge is 0.465 e. The number of carbonyl (C=O) groups is 3. The topological polar surface area (TPSA) is 194 Å². The van der Waals surface area contributed by atoms with Crippen molar-refractivity contribution >= 4 is 63.9 Å². The van der Waals surface area contributed by atoms with E-state index in [1.165, 1.54) is 72.5 Å². The van der Waals surface area contributed by atoms with Gasteiger partial charge in [0, 0.05) is 18.8 Å². The van der Waals surface area contributed by atoms with E-state index in [-0.39, 0.29) is 46.2 Å². The molecule has 0 bridgehead atoms. The number of hydrogen-bond donors (Lipinski definition) is 1. The van der Waals surface area contributed by atoms with Crippen molar-refractivity contribution < 1.29 is 47.2 Å². The van der Waals surface area contributed by atoms with Gasteiger partial charge in [0.1, 0.15) is 24.1 Å². The maximum atomic E-state index is 17.7. The van der Waals surface area contributed by atoms with E-state index in [1.54, 1.807) is 13.8 Å². The van der Waals surface area contributed by atoms with Gasteiger partial charge in [-0.1, -0.05) is 12.1 Å². The molecule has 1 unspecified atom stereocenters. The molecule has 2 fully saturated rings. The molecular weight excluding hydrogens is 701 g/mol. The Balaban J connectivity index is 1.43. The van der Waals surface area contributed by atoms with Gasteiger partial charge in [0.05, 0.1) is 32.2 Å². The molecule has 50 heavy (non-hydrogen) atoms. The number of anilines is 1.